The van der Waals surface area contributed by atoms with E-state index in [-0.39, 0.29) is 11.7 Å². The molecule has 1 amide bonds. The molecule has 0 spiro atoms. The molecule has 0 fully saturated rings. The van der Waals surface area contributed by atoms with Crippen molar-refractivity contribution < 1.29 is 10.0 Å². The van der Waals surface area contributed by atoms with Gasteiger partial charge in [-0.2, -0.15) is 0 Å². The van der Waals surface area contributed by atoms with Crippen molar-refractivity contribution >= 4 is 23.3 Å². The number of hydrogen-bond acceptors (Lipinski definition) is 6. The van der Waals surface area contributed by atoms with E-state index < -0.39 is 5.54 Å². The Bertz CT molecular complexity index is 444. The van der Waals surface area contributed by atoms with Gasteiger partial charge >= 0.3 is 0 Å². The Labute approximate surface area is 103 Å². The molecule has 0 aliphatic rings. The Kier molecular flexibility index (Phi) is 4.00. The highest BCUT2D eigenvalue weighted by atomic mass is 32.1. The predicted octanol–water partition coefficient (Wildman–Crippen LogP) is 0.491. The van der Waals surface area contributed by atoms with Crippen LogP contribution in [0.5, 0.6) is 0 Å². The second-order valence-corrected chi connectivity index (χ2v) is 4.57. The van der Waals surface area contributed by atoms with Crippen molar-refractivity contribution in [1.29, 1.82) is 0 Å². The zero-order valence-electron chi connectivity index (χ0n) is 9.89. The third-order valence-corrected chi connectivity index (χ3v) is 3.45. The van der Waals surface area contributed by atoms with Crippen molar-refractivity contribution in [1.82, 2.24) is 14.9 Å². The molecule has 0 aliphatic heterocycles. The Balaban J connectivity index is 2.91. The third kappa shape index (κ3) is 2.70. The van der Waals surface area contributed by atoms with Gasteiger partial charge in [-0.3, -0.25) is 4.79 Å². The largest absolute Gasteiger partial charge is 0.409 e. The van der Waals surface area contributed by atoms with Crippen molar-refractivity contribution in [3.05, 3.63) is 10.6 Å². The second-order valence-electron chi connectivity index (χ2n) is 3.81. The van der Waals surface area contributed by atoms with Crippen LogP contribution >= 0.6 is 11.5 Å². The number of aryl methyl sites for hydroxylation is 1. The van der Waals surface area contributed by atoms with Gasteiger partial charge in [0.05, 0.1) is 11.2 Å². The average Bonchev–Trinajstić information content (AvgIpc) is 2.74. The van der Waals surface area contributed by atoms with Crippen molar-refractivity contribution in [2.45, 2.75) is 32.7 Å². The smallest absolute Gasteiger partial charge is 0.265 e. The summed E-state index contributed by atoms with van der Waals surface area (Å²) >= 11 is 1.01. The number of nitrogens with two attached hydrogens (primary N) is 1. The van der Waals surface area contributed by atoms with E-state index in [1.165, 1.54) is 0 Å². The zero-order valence-corrected chi connectivity index (χ0v) is 10.7. The number of amidine groups is 1. The molecule has 1 heterocycles. The van der Waals surface area contributed by atoms with Crippen LogP contribution in [0.25, 0.3) is 0 Å². The number of nitrogens with zero attached hydrogens (tertiary/aromatic N) is 3. The molecule has 94 valence electrons. The highest BCUT2D eigenvalue weighted by Crippen LogP contribution is 2.14. The lowest BCUT2D eigenvalue weighted by Crippen LogP contribution is -2.55. The summed E-state index contributed by atoms with van der Waals surface area (Å²) in [5.74, 6) is -0.364. The molecule has 0 saturated heterocycles. The molecule has 1 unspecified atom stereocenters. The first-order valence-electron chi connectivity index (χ1n) is 5.04. The summed E-state index contributed by atoms with van der Waals surface area (Å²) in [6.07, 6.45) is 0.500. The number of carbonyl (C=O) groups is 1. The maximum Gasteiger partial charge on any atom is 0.265 e. The number of hydrogen-bond donors (Lipinski definition) is 3. The van der Waals surface area contributed by atoms with Gasteiger partial charge in [0.1, 0.15) is 4.88 Å². The molecule has 4 N–H and O–H groups in total. The fraction of sp³-hybridized carbons (Fsp3) is 0.556. The van der Waals surface area contributed by atoms with Gasteiger partial charge in [0, 0.05) is 0 Å². The molecule has 0 aromatic carbocycles. The van der Waals surface area contributed by atoms with E-state index in [0.29, 0.717) is 17.0 Å². The van der Waals surface area contributed by atoms with Crippen molar-refractivity contribution in [2.75, 3.05) is 0 Å². The first-order valence-corrected chi connectivity index (χ1v) is 5.81. The van der Waals surface area contributed by atoms with E-state index in [2.05, 4.69) is 20.1 Å². The topological polar surface area (TPSA) is 113 Å². The number of rotatable bonds is 4. The molecule has 0 aliphatic carbocycles. The molecule has 0 saturated carbocycles. The molecule has 17 heavy (non-hydrogen) atoms. The highest BCUT2D eigenvalue weighted by Gasteiger charge is 2.31. The fourth-order valence-corrected chi connectivity index (χ4v) is 1.74. The first kappa shape index (κ1) is 13.4. The third-order valence-electron chi connectivity index (χ3n) is 2.63. The van der Waals surface area contributed by atoms with Gasteiger partial charge in [-0.05, 0) is 31.8 Å². The number of amides is 1. The van der Waals surface area contributed by atoms with Crippen LogP contribution in [-0.4, -0.2) is 32.1 Å². The van der Waals surface area contributed by atoms with Crippen LogP contribution in [0.2, 0.25) is 0 Å². The summed E-state index contributed by atoms with van der Waals surface area (Å²) in [6, 6.07) is 0. The van der Waals surface area contributed by atoms with Gasteiger partial charge in [0.2, 0.25) is 0 Å². The Morgan fingerprint density at radius 3 is 2.76 bits per heavy atom. The first-order chi connectivity index (χ1) is 7.94. The second kappa shape index (κ2) is 5.09. The minimum Gasteiger partial charge on any atom is -0.409 e. The summed E-state index contributed by atoms with van der Waals surface area (Å²) in [5.41, 5.74) is 5.23. The van der Waals surface area contributed by atoms with Crippen LogP contribution < -0.4 is 11.1 Å². The number of carbonyl (C=O) groups excluding carboxylic acids is 1. The van der Waals surface area contributed by atoms with Gasteiger partial charge in [0.15, 0.2) is 5.84 Å². The van der Waals surface area contributed by atoms with E-state index in [0.717, 1.165) is 11.5 Å². The number of aromatic nitrogens is 2. The molecule has 1 atom stereocenters. The maximum atomic E-state index is 11.9. The summed E-state index contributed by atoms with van der Waals surface area (Å²) in [5, 5.41) is 18.1. The van der Waals surface area contributed by atoms with Crippen LogP contribution in [0.4, 0.5) is 0 Å². The molecule has 8 heteroatoms. The molecule has 1 aromatic rings. The van der Waals surface area contributed by atoms with Gasteiger partial charge in [0.25, 0.3) is 5.91 Å². The highest BCUT2D eigenvalue weighted by molar-refractivity contribution is 7.08. The van der Waals surface area contributed by atoms with Crippen LogP contribution in [0, 0.1) is 6.92 Å². The molecule has 7 nitrogen and oxygen atoms in total. The van der Waals surface area contributed by atoms with E-state index in [4.69, 9.17) is 10.9 Å². The normalized spacial score (nSPS) is 15.4. The van der Waals surface area contributed by atoms with Crippen LogP contribution in [0.1, 0.15) is 35.6 Å². The number of oxime groups is 1. The van der Waals surface area contributed by atoms with Crippen LogP contribution in [0.3, 0.4) is 0 Å². The van der Waals surface area contributed by atoms with Crippen LogP contribution in [0.15, 0.2) is 5.16 Å². The molecule has 1 aromatic heterocycles. The summed E-state index contributed by atoms with van der Waals surface area (Å²) in [6.45, 7) is 5.21. The van der Waals surface area contributed by atoms with E-state index >= 15 is 0 Å². The fourth-order valence-electron chi connectivity index (χ4n) is 1.19. The van der Waals surface area contributed by atoms with Crippen molar-refractivity contribution in [3.8, 4) is 0 Å². The monoisotopic (exact) mass is 257 g/mol. The lowest BCUT2D eigenvalue weighted by molar-refractivity contribution is 0.0928. The molecule has 0 radical (unpaired) electrons. The van der Waals surface area contributed by atoms with Gasteiger partial charge in [-0.15, -0.1) is 5.10 Å². The Hall–Kier alpha value is -1.70. The van der Waals surface area contributed by atoms with Crippen molar-refractivity contribution in [2.24, 2.45) is 10.9 Å². The summed E-state index contributed by atoms with van der Waals surface area (Å²) in [7, 11) is 0. The number of nitrogens with one attached hydrogen (secondary N) is 1. The quantitative estimate of drug-likeness (QED) is 0.314. The minimum absolute atomic E-state index is 0.0384. The maximum absolute atomic E-state index is 11.9. The standard InChI is InChI=1S/C9H15N5O2S/c1-4-9(3,8(10)13-16)11-7(15)6-5(2)12-14-17-6/h16H,4H2,1-3H3,(H2,10,13)(H,11,15). The van der Waals surface area contributed by atoms with E-state index in [1.807, 2.05) is 6.92 Å². The molecule has 0 bridgehead atoms. The zero-order chi connectivity index (χ0) is 13.1. The van der Waals surface area contributed by atoms with Crippen molar-refractivity contribution in [3.63, 3.8) is 0 Å². The lowest BCUT2D eigenvalue weighted by atomic mass is 9.97. The van der Waals surface area contributed by atoms with E-state index in [9.17, 15) is 4.79 Å². The predicted molar refractivity (Wildman–Crippen MR) is 64.2 cm³/mol. The molecular formula is C9H15N5O2S. The molecule has 1 rings (SSSR count). The van der Waals surface area contributed by atoms with Gasteiger partial charge in [-0.1, -0.05) is 16.6 Å². The van der Waals surface area contributed by atoms with Gasteiger partial charge < -0.3 is 16.3 Å². The van der Waals surface area contributed by atoms with E-state index in [1.54, 1.807) is 13.8 Å². The average molecular weight is 257 g/mol. The minimum atomic E-state index is -0.887. The van der Waals surface area contributed by atoms with Crippen LogP contribution in [-0.2, 0) is 0 Å². The Morgan fingerprint density at radius 2 is 2.35 bits per heavy atom. The lowest BCUT2D eigenvalue weighted by Gasteiger charge is -2.27. The summed E-state index contributed by atoms with van der Waals surface area (Å²) in [4.78, 5) is 12.4. The Morgan fingerprint density at radius 1 is 1.71 bits per heavy atom. The van der Waals surface area contributed by atoms with Gasteiger partial charge in [-0.25, -0.2) is 0 Å². The summed E-state index contributed by atoms with van der Waals surface area (Å²) < 4.78 is 3.68. The SMILES string of the molecule is CCC(C)(NC(=O)c1snnc1C)C(N)=NO. The molecular weight excluding hydrogens is 242 g/mol.